The molecule has 1 aliphatic heterocycles. The third-order valence-corrected chi connectivity index (χ3v) is 7.40. The molecule has 37 heavy (non-hydrogen) atoms. The molecule has 190 valence electrons. The van der Waals surface area contributed by atoms with E-state index in [1.54, 1.807) is 25.2 Å². The Kier molecular flexibility index (Phi) is 6.99. The highest BCUT2D eigenvalue weighted by molar-refractivity contribution is 6.46. The van der Waals surface area contributed by atoms with Gasteiger partial charge in [-0.15, -0.1) is 0 Å². The smallest absolute Gasteiger partial charge is 0.295 e. The lowest BCUT2D eigenvalue weighted by molar-refractivity contribution is -0.139. The van der Waals surface area contributed by atoms with Crippen molar-refractivity contribution in [2.45, 2.75) is 38.1 Å². The Morgan fingerprint density at radius 3 is 2.38 bits per heavy atom. The lowest BCUT2D eigenvalue weighted by atomic mass is 9.88. The number of carbonyl (C=O) groups excluding carboxylic acids is 2. The monoisotopic (exact) mass is 497 g/mol. The van der Waals surface area contributed by atoms with E-state index >= 15 is 0 Å². The predicted octanol–water partition coefficient (Wildman–Crippen LogP) is 5.25. The highest BCUT2D eigenvalue weighted by atomic mass is 16.5. The molecule has 1 unspecified atom stereocenters. The van der Waals surface area contributed by atoms with E-state index in [2.05, 4.69) is 0 Å². The number of nitrogens with zero attached hydrogens (tertiary/aromatic N) is 1. The fourth-order valence-corrected chi connectivity index (χ4v) is 5.40. The highest BCUT2D eigenvalue weighted by Gasteiger charge is 2.46. The Morgan fingerprint density at radius 1 is 0.919 bits per heavy atom. The molecule has 6 heteroatoms. The number of likely N-dealkylation sites (tertiary alicyclic amines) is 1. The summed E-state index contributed by atoms with van der Waals surface area (Å²) in [6.45, 7) is 0.306. The molecule has 6 nitrogen and oxygen atoms in total. The summed E-state index contributed by atoms with van der Waals surface area (Å²) in [6.07, 6.45) is 4.77. The van der Waals surface area contributed by atoms with E-state index in [4.69, 9.17) is 9.47 Å². The zero-order chi connectivity index (χ0) is 25.9. The van der Waals surface area contributed by atoms with Crippen molar-refractivity contribution in [3.8, 4) is 11.5 Å². The Bertz CT molecular complexity index is 1360. The summed E-state index contributed by atoms with van der Waals surface area (Å²) in [4.78, 5) is 28.3. The maximum absolute atomic E-state index is 13.4. The zero-order valence-corrected chi connectivity index (χ0v) is 21.2. The molecule has 1 atom stereocenters. The topological polar surface area (TPSA) is 76.1 Å². The number of aliphatic hydroxyl groups excluding tert-OH is 1. The second-order valence-corrected chi connectivity index (χ2v) is 9.52. The van der Waals surface area contributed by atoms with Crippen molar-refractivity contribution in [3.63, 3.8) is 0 Å². The quantitative estimate of drug-likeness (QED) is 0.274. The average Bonchev–Trinajstić information content (AvgIpc) is 3.20. The van der Waals surface area contributed by atoms with Crippen LogP contribution in [0, 0.1) is 0 Å². The van der Waals surface area contributed by atoms with Crippen LogP contribution in [0.25, 0.3) is 5.76 Å². The number of aryl methyl sites for hydroxylation is 2. The molecule has 2 aliphatic rings. The molecule has 1 saturated heterocycles. The summed E-state index contributed by atoms with van der Waals surface area (Å²) >= 11 is 0. The van der Waals surface area contributed by atoms with Crippen LogP contribution in [-0.2, 0) is 28.9 Å². The lowest BCUT2D eigenvalue weighted by Crippen LogP contribution is -2.31. The van der Waals surface area contributed by atoms with Gasteiger partial charge in [0.2, 0.25) is 0 Å². The number of aliphatic hydroxyl groups is 1. The molecule has 0 radical (unpaired) electrons. The Morgan fingerprint density at radius 2 is 1.65 bits per heavy atom. The summed E-state index contributed by atoms with van der Waals surface area (Å²) < 4.78 is 10.8. The minimum atomic E-state index is -0.759. The number of benzene rings is 3. The van der Waals surface area contributed by atoms with Crippen molar-refractivity contribution in [2.75, 3.05) is 20.8 Å². The first-order valence-corrected chi connectivity index (χ1v) is 12.7. The van der Waals surface area contributed by atoms with Gasteiger partial charge in [-0.25, -0.2) is 0 Å². The molecule has 5 rings (SSSR count). The summed E-state index contributed by atoms with van der Waals surface area (Å²) in [5, 5.41) is 11.5. The summed E-state index contributed by atoms with van der Waals surface area (Å²) in [7, 11) is 3.18. The summed E-state index contributed by atoms with van der Waals surface area (Å²) in [5.74, 6) is -0.136. The third kappa shape index (κ3) is 4.71. The van der Waals surface area contributed by atoms with Gasteiger partial charge >= 0.3 is 0 Å². The minimum Gasteiger partial charge on any atom is -0.507 e. The van der Waals surface area contributed by atoms with Crippen LogP contribution in [0.5, 0.6) is 11.5 Å². The maximum atomic E-state index is 13.4. The SMILES string of the molecule is COc1ccc(CCN2C(=O)C(=O)/C(=C(/O)c3ccc4c(c3)CCCC4)C2c2ccccc2OC)cc1. The molecule has 0 aromatic heterocycles. The van der Waals surface area contributed by atoms with Gasteiger partial charge in [0, 0.05) is 17.7 Å². The predicted molar refractivity (Wildman–Crippen MR) is 142 cm³/mol. The third-order valence-electron chi connectivity index (χ3n) is 7.40. The van der Waals surface area contributed by atoms with E-state index < -0.39 is 17.7 Å². The van der Waals surface area contributed by atoms with Crippen molar-refractivity contribution in [2.24, 2.45) is 0 Å². The Balaban J connectivity index is 1.57. The number of para-hydroxylation sites is 1. The van der Waals surface area contributed by atoms with Crippen molar-refractivity contribution < 1.29 is 24.2 Å². The van der Waals surface area contributed by atoms with Gasteiger partial charge in [-0.1, -0.05) is 42.5 Å². The molecular weight excluding hydrogens is 466 g/mol. The molecule has 0 spiro atoms. The Labute approximate surface area is 217 Å². The fourth-order valence-electron chi connectivity index (χ4n) is 5.40. The molecule has 1 aliphatic carbocycles. The summed E-state index contributed by atoms with van der Waals surface area (Å²) in [6, 6.07) is 20.1. The van der Waals surface area contributed by atoms with Crippen LogP contribution in [0.4, 0.5) is 0 Å². The number of ether oxygens (including phenoxy) is 2. The van der Waals surface area contributed by atoms with E-state index in [1.165, 1.54) is 11.1 Å². The Hall–Kier alpha value is -4.06. The molecule has 3 aromatic carbocycles. The number of carbonyl (C=O) groups is 2. The van der Waals surface area contributed by atoms with Crippen molar-refractivity contribution >= 4 is 17.4 Å². The second kappa shape index (κ2) is 10.5. The number of methoxy groups -OCH3 is 2. The van der Waals surface area contributed by atoms with Crippen molar-refractivity contribution in [3.05, 3.63) is 100 Å². The first-order chi connectivity index (χ1) is 18.0. The zero-order valence-electron chi connectivity index (χ0n) is 21.2. The molecule has 3 aromatic rings. The highest BCUT2D eigenvalue weighted by Crippen LogP contribution is 2.43. The number of fused-ring (bicyclic) bond motifs is 1. The number of hydrogen-bond acceptors (Lipinski definition) is 5. The van der Waals surface area contributed by atoms with Crippen LogP contribution < -0.4 is 9.47 Å². The molecule has 0 saturated carbocycles. The van der Waals surface area contributed by atoms with E-state index in [1.807, 2.05) is 60.7 Å². The van der Waals surface area contributed by atoms with Gasteiger partial charge in [-0.3, -0.25) is 9.59 Å². The van der Waals surface area contributed by atoms with Crippen LogP contribution in [-0.4, -0.2) is 42.5 Å². The number of ketones is 1. The molecule has 0 bridgehead atoms. The number of rotatable bonds is 7. The van der Waals surface area contributed by atoms with Crippen molar-refractivity contribution in [1.82, 2.24) is 4.90 Å². The molecular formula is C31H31NO5. The van der Waals surface area contributed by atoms with Gasteiger partial charge in [-0.05, 0) is 73.1 Å². The van der Waals surface area contributed by atoms with Crippen molar-refractivity contribution in [1.29, 1.82) is 0 Å². The molecule has 1 amide bonds. The van der Waals surface area contributed by atoms with E-state index in [-0.39, 0.29) is 11.3 Å². The average molecular weight is 498 g/mol. The number of hydrogen-bond donors (Lipinski definition) is 1. The van der Waals surface area contributed by atoms with Gasteiger partial charge in [0.25, 0.3) is 11.7 Å². The minimum absolute atomic E-state index is 0.0972. The first kappa shape index (κ1) is 24.6. The molecule has 1 heterocycles. The van der Waals surface area contributed by atoms with E-state index in [0.29, 0.717) is 29.8 Å². The van der Waals surface area contributed by atoms with Crippen LogP contribution in [0.3, 0.4) is 0 Å². The lowest BCUT2D eigenvalue weighted by Gasteiger charge is -2.26. The van der Waals surface area contributed by atoms with Crippen LogP contribution in [0.15, 0.2) is 72.3 Å². The van der Waals surface area contributed by atoms with Crippen LogP contribution in [0.1, 0.15) is 46.7 Å². The normalized spacial score (nSPS) is 18.5. The van der Waals surface area contributed by atoms with E-state index in [9.17, 15) is 14.7 Å². The number of Topliss-reactive ketones (excluding diaryl/α,β-unsaturated/α-hetero) is 1. The van der Waals surface area contributed by atoms with Gasteiger partial charge in [-0.2, -0.15) is 0 Å². The largest absolute Gasteiger partial charge is 0.507 e. The molecule has 1 fully saturated rings. The first-order valence-electron chi connectivity index (χ1n) is 12.7. The van der Waals surface area contributed by atoms with Gasteiger partial charge in [0.15, 0.2) is 0 Å². The standard InChI is InChI=1S/C31H31NO5/c1-36-24-15-11-20(12-16-24)17-18-32-28(25-9-5-6-10-26(25)37-2)27(30(34)31(32)35)29(33)23-14-13-21-7-3-4-8-22(21)19-23/h5-6,9-16,19,28,33H,3-4,7-8,17-18H2,1-2H3/b29-27+. The second-order valence-electron chi connectivity index (χ2n) is 9.52. The maximum Gasteiger partial charge on any atom is 0.295 e. The number of amides is 1. The van der Waals surface area contributed by atoms with Crippen LogP contribution in [0.2, 0.25) is 0 Å². The van der Waals surface area contributed by atoms with Gasteiger partial charge in [0.05, 0.1) is 25.8 Å². The summed E-state index contributed by atoms with van der Waals surface area (Å²) in [5.41, 5.74) is 4.81. The fraction of sp³-hybridized carbons (Fsp3) is 0.290. The molecule has 1 N–H and O–H groups in total. The van der Waals surface area contributed by atoms with Gasteiger partial charge in [0.1, 0.15) is 17.3 Å². The van der Waals surface area contributed by atoms with Gasteiger partial charge < -0.3 is 19.5 Å². The van der Waals surface area contributed by atoms with E-state index in [0.717, 1.165) is 37.0 Å². The van der Waals surface area contributed by atoms with Crippen LogP contribution >= 0.6 is 0 Å².